The number of thiophene rings is 1. The quantitative estimate of drug-likeness (QED) is 0.216. The molecule has 4 aromatic rings. The fourth-order valence-corrected chi connectivity index (χ4v) is 5.69. The first kappa shape index (κ1) is 26.6. The summed E-state index contributed by atoms with van der Waals surface area (Å²) in [6.07, 6.45) is 3.07. The van der Waals surface area contributed by atoms with Crippen LogP contribution in [0.5, 0.6) is 11.5 Å². The molecule has 1 N–H and O–H groups in total. The van der Waals surface area contributed by atoms with Gasteiger partial charge in [-0.25, -0.2) is 4.98 Å². The van der Waals surface area contributed by atoms with Crippen LogP contribution in [0.3, 0.4) is 0 Å². The topological polar surface area (TPSA) is 84.4 Å². The zero-order valence-corrected chi connectivity index (χ0v) is 23.2. The number of fused-ring (bicyclic) bond motifs is 1. The average Bonchev–Trinajstić information content (AvgIpc) is 3.56. The number of hydrogen-bond donors (Lipinski definition) is 1. The molecule has 0 bridgehead atoms. The summed E-state index contributed by atoms with van der Waals surface area (Å²) in [5.41, 5.74) is 2.81. The van der Waals surface area contributed by atoms with Crippen LogP contribution in [-0.2, 0) is 16.0 Å². The molecule has 0 aliphatic carbocycles. The molecular formula is C31H32N4O3S. The lowest BCUT2D eigenvalue weighted by atomic mass is 10.0. The number of rotatable bonds is 10. The molecule has 1 fully saturated rings. The Labute approximate surface area is 232 Å². The molecule has 1 aliphatic rings. The third kappa shape index (κ3) is 5.86. The Morgan fingerprint density at radius 3 is 2.46 bits per heavy atom. The van der Waals surface area contributed by atoms with Gasteiger partial charge in [0.25, 0.3) is 0 Å². The van der Waals surface area contributed by atoms with Crippen molar-refractivity contribution in [2.24, 2.45) is 5.92 Å². The van der Waals surface area contributed by atoms with Crippen molar-refractivity contribution in [3.8, 4) is 11.5 Å². The van der Waals surface area contributed by atoms with Gasteiger partial charge in [0, 0.05) is 18.9 Å². The number of carbonyl (C=O) groups excluding carboxylic acids is 2. The van der Waals surface area contributed by atoms with Gasteiger partial charge in [-0.2, -0.15) is 4.98 Å². The molecule has 0 saturated carbocycles. The number of ketones is 1. The van der Waals surface area contributed by atoms with Crippen molar-refractivity contribution in [3.63, 3.8) is 0 Å². The summed E-state index contributed by atoms with van der Waals surface area (Å²) in [7, 11) is 0. The number of anilines is 2. The number of ether oxygens (including phenoxy) is 1. The van der Waals surface area contributed by atoms with Crippen LogP contribution < -0.4 is 15.0 Å². The molecule has 2 aromatic carbocycles. The maximum atomic E-state index is 12.9. The second kappa shape index (κ2) is 11.4. The minimum atomic E-state index is -0.0696. The molecule has 2 atom stereocenters. The van der Waals surface area contributed by atoms with Gasteiger partial charge in [-0.1, -0.05) is 44.7 Å². The Balaban J connectivity index is 1.30. The van der Waals surface area contributed by atoms with Gasteiger partial charge < -0.3 is 10.1 Å². The van der Waals surface area contributed by atoms with Crippen LogP contribution in [0.15, 0.2) is 72.6 Å². The Morgan fingerprint density at radius 1 is 1.10 bits per heavy atom. The summed E-state index contributed by atoms with van der Waals surface area (Å²) in [6, 6.07) is 17.4. The van der Waals surface area contributed by atoms with Gasteiger partial charge in [-0.3, -0.25) is 14.5 Å². The molecular weight excluding hydrogens is 508 g/mol. The van der Waals surface area contributed by atoms with Gasteiger partial charge in [0.2, 0.25) is 11.9 Å². The predicted octanol–water partition coefficient (Wildman–Crippen LogP) is 7.11. The maximum absolute atomic E-state index is 12.9. The standard InChI is InChI=1S/C31H32N4O3S/c1-5-23(36)18-21-6-10-24(11-7-21)38-25-12-8-22(9-13-25)20(4)32-31-33-26-16-17-39-29(26)30(34-31)35-27(19(2)3)14-15-28(35)37/h5-13,16-17,19-20,27H,1,14-15,18H2,2-4H3,(H,32,33,34)/t20-,27+/m0/s1. The van der Waals surface area contributed by atoms with Crippen LogP contribution in [0.1, 0.15) is 50.8 Å². The molecule has 1 amide bonds. The molecule has 200 valence electrons. The van der Waals surface area contributed by atoms with Gasteiger partial charge in [-0.15, -0.1) is 11.3 Å². The minimum absolute atomic E-state index is 0.0110. The number of hydrogen-bond acceptors (Lipinski definition) is 7. The Hall–Kier alpha value is -4.04. The van der Waals surface area contributed by atoms with Crippen molar-refractivity contribution in [1.82, 2.24) is 9.97 Å². The molecule has 8 heteroatoms. The van der Waals surface area contributed by atoms with Gasteiger partial charge in [0.1, 0.15) is 11.5 Å². The van der Waals surface area contributed by atoms with Crippen molar-refractivity contribution in [1.29, 1.82) is 0 Å². The van der Waals surface area contributed by atoms with Crippen LogP contribution in [-0.4, -0.2) is 27.7 Å². The van der Waals surface area contributed by atoms with Crippen molar-refractivity contribution < 1.29 is 14.3 Å². The largest absolute Gasteiger partial charge is 0.457 e. The predicted molar refractivity (Wildman–Crippen MR) is 157 cm³/mol. The zero-order valence-electron chi connectivity index (χ0n) is 22.4. The van der Waals surface area contributed by atoms with Gasteiger partial charge in [0.15, 0.2) is 11.6 Å². The molecule has 2 aromatic heterocycles. The lowest BCUT2D eigenvalue weighted by molar-refractivity contribution is -0.117. The van der Waals surface area contributed by atoms with E-state index in [-0.39, 0.29) is 23.8 Å². The van der Waals surface area contributed by atoms with E-state index in [1.165, 1.54) is 6.08 Å². The molecule has 1 saturated heterocycles. The van der Waals surface area contributed by atoms with Crippen LogP contribution in [0.2, 0.25) is 0 Å². The number of nitrogens with one attached hydrogen (secondary N) is 1. The SMILES string of the molecule is C=CC(=O)Cc1ccc(Oc2ccc([C@H](C)Nc3nc(N4C(=O)CC[C@@H]4C(C)C)c4sccc4n3)cc2)cc1. The van der Waals surface area contributed by atoms with E-state index in [1.54, 1.807) is 11.3 Å². The Kier molecular flexibility index (Phi) is 7.74. The second-order valence-electron chi connectivity index (χ2n) is 10.1. The smallest absolute Gasteiger partial charge is 0.228 e. The number of allylic oxidation sites excluding steroid dienone is 1. The van der Waals surface area contributed by atoms with Gasteiger partial charge >= 0.3 is 0 Å². The molecule has 1 aliphatic heterocycles. The third-order valence-corrected chi connectivity index (χ3v) is 7.93. The lowest BCUT2D eigenvalue weighted by Crippen LogP contribution is -2.37. The van der Waals surface area contributed by atoms with Crippen LogP contribution in [0.25, 0.3) is 10.2 Å². The summed E-state index contributed by atoms with van der Waals surface area (Å²) < 4.78 is 6.92. The molecule has 5 rings (SSSR count). The summed E-state index contributed by atoms with van der Waals surface area (Å²) in [6.45, 7) is 9.87. The lowest BCUT2D eigenvalue weighted by Gasteiger charge is -2.27. The molecule has 0 radical (unpaired) electrons. The van der Waals surface area contributed by atoms with E-state index in [1.807, 2.05) is 64.9 Å². The van der Waals surface area contributed by atoms with Crippen molar-refractivity contribution in [3.05, 3.63) is 83.8 Å². The summed E-state index contributed by atoms with van der Waals surface area (Å²) in [5, 5.41) is 5.42. The highest BCUT2D eigenvalue weighted by molar-refractivity contribution is 7.17. The van der Waals surface area contributed by atoms with E-state index in [9.17, 15) is 9.59 Å². The van der Waals surface area contributed by atoms with E-state index in [2.05, 4.69) is 32.7 Å². The van der Waals surface area contributed by atoms with Gasteiger partial charge in [0.05, 0.1) is 16.3 Å². The third-order valence-electron chi connectivity index (χ3n) is 7.03. The normalized spacial score (nSPS) is 16.1. The molecule has 0 unspecified atom stereocenters. The highest BCUT2D eigenvalue weighted by Gasteiger charge is 2.36. The molecule has 0 spiro atoms. The fourth-order valence-electron chi connectivity index (χ4n) is 4.87. The monoisotopic (exact) mass is 540 g/mol. The maximum Gasteiger partial charge on any atom is 0.228 e. The first-order valence-corrected chi connectivity index (χ1v) is 14.1. The van der Waals surface area contributed by atoms with E-state index in [4.69, 9.17) is 14.7 Å². The van der Waals surface area contributed by atoms with E-state index >= 15 is 0 Å². The van der Waals surface area contributed by atoms with Crippen molar-refractivity contribution >= 4 is 45.0 Å². The number of aromatic nitrogens is 2. The Bertz CT molecular complexity index is 1490. The Morgan fingerprint density at radius 2 is 1.79 bits per heavy atom. The van der Waals surface area contributed by atoms with Crippen molar-refractivity contribution in [2.75, 3.05) is 10.2 Å². The number of benzene rings is 2. The highest BCUT2D eigenvalue weighted by atomic mass is 32.1. The van der Waals surface area contributed by atoms with Crippen molar-refractivity contribution in [2.45, 2.75) is 52.1 Å². The van der Waals surface area contributed by atoms with E-state index < -0.39 is 0 Å². The second-order valence-corrected chi connectivity index (χ2v) is 11.1. The van der Waals surface area contributed by atoms with Gasteiger partial charge in [-0.05, 0) is 72.2 Å². The highest BCUT2D eigenvalue weighted by Crippen LogP contribution is 2.37. The molecule has 3 heterocycles. The van der Waals surface area contributed by atoms with Crippen LogP contribution in [0, 0.1) is 5.92 Å². The summed E-state index contributed by atoms with van der Waals surface area (Å²) >= 11 is 1.57. The number of amides is 1. The zero-order chi connectivity index (χ0) is 27.5. The number of nitrogens with zero attached hydrogens (tertiary/aromatic N) is 3. The van der Waals surface area contributed by atoms with Crippen LogP contribution in [0.4, 0.5) is 11.8 Å². The summed E-state index contributed by atoms with van der Waals surface area (Å²) in [5.74, 6) is 3.07. The minimum Gasteiger partial charge on any atom is -0.457 e. The molecule has 39 heavy (non-hydrogen) atoms. The fraction of sp³-hybridized carbons (Fsp3) is 0.290. The first-order valence-electron chi connectivity index (χ1n) is 13.2. The average molecular weight is 541 g/mol. The van der Waals surface area contributed by atoms with Crippen LogP contribution >= 0.6 is 11.3 Å². The van der Waals surface area contributed by atoms with E-state index in [0.29, 0.717) is 42.0 Å². The van der Waals surface area contributed by atoms with E-state index in [0.717, 1.165) is 27.8 Å². The first-order chi connectivity index (χ1) is 18.8. The number of carbonyl (C=O) groups is 2. The molecule has 7 nitrogen and oxygen atoms in total. The summed E-state index contributed by atoms with van der Waals surface area (Å²) in [4.78, 5) is 35.9.